The zero-order valence-electron chi connectivity index (χ0n) is 16.7. The number of esters is 1. The fraction of sp³-hybridized carbons (Fsp3) is 0.250. The highest BCUT2D eigenvalue weighted by Crippen LogP contribution is 2.35. The molecule has 30 heavy (non-hydrogen) atoms. The van der Waals surface area contributed by atoms with Crippen LogP contribution in [0.4, 0.5) is 11.4 Å². The van der Waals surface area contributed by atoms with Crippen molar-refractivity contribution in [2.45, 2.75) is 27.3 Å². The number of carbonyl (C=O) groups excluding carboxylic acids is 2. The van der Waals surface area contributed by atoms with Crippen molar-refractivity contribution in [3.8, 4) is 10.4 Å². The van der Waals surface area contributed by atoms with Crippen molar-refractivity contribution in [1.82, 2.24) is 9.78 Å². The van der Waals surface area contributed by atoms with Crippen LogP contribution >= 0.6 is 11.3 Å². The van der Waals surface area contributed by atoms with Gasteiger partial charge in [0.05, 0.1) is 17.2 Å². The molecule has 1 aromatic carbocycles. The quantitative estimate of drug-likeness (QED) is 0.346. The Morgan fingerprint density at radius 3 is 2.57 bits per heavy atom. The third-order valence-corrected chi connectivity index (χ3v) is 5.51. The van der Waals surface area contributed by atoms with Crippen LogP contribution in [0.15, 0.2) is 36.4 Å². The van der Waals surface area contributed by atoms with Gasteiger partial charge in [0.2, 0.25) is 5.91 Å². The number of nitrogens with one attached hydrogen (secondary N) is 1. The third kappa shape index (κ3) is 4.38. The molecular formula is C20H20N4O5S. The molecule has 0 spiro atoms. The lowest BCUT2D eigenvalue weighted by Gasteiger charge is -2.07. The lowest BCUT2D eigenvalue weighted by atomic mass is 10.2. The molecule has 0 unspecified atom stereocenters. The predicted molar refractivity (Wildman–Crippen MR) is 113 cm³/mol. The fourth-order valence-electron chi connectivity index (χ4n) is 3.01. The zero-order valence-corrected chi connectivity index (χ0v) is 17.5. The number of benzene rings is 1. The lowest BCUT2D eigenvalue weighted by Crippen LogP contribution is -2.21. The number of aromatic nitrogens is 2. The zero-order chi connectivity index (χ0) is 21.8. The number of hydrogen-bond acceptors (Lipinski definition) is 7. The summed E-state index contributed by atoms with van der Waals surface area (Å²) in [6, 6.07) is 11.2. The molecule has 3 aromatic rings. The molecule has 9 nitrogen and oxygen atoms in total. The first-order valence-corrected chi connectivity index (χ1v) is 9.98. The van der Waals surface area contributed by atoms with Crippen molar-refractivity contribution in [1.29, 1.82) is 0 Å². The topological polar surface area (TPSA) is 116 Å². The normalized spacial score (nSPS) is 10.6. The second-order valence-electron chi connectivity index (χ2n) is 6.42. The van der Waals surface area contributed by atoms with Gasteiger partial charge in [0.25, 0.3) is 0 Å². The van der Waals surface area contributed by atoms with Gasteiger partial charge in [-0.05, 0) is 32.4 Å². The summed E-state index contributed by atoms with van der Waals surface area (Å²) < 4.78 is 6.38. The molecule has 10 heteroatoms. The number of carbonyl (C=O) groups is 2. The first-order valence-electron chi connectivity index (χ1n) is 9.16. The smallest absolute Gasteiger partial charge is 0.350 e. The van der Waals surface area contributed by atoms with E-state index in [0.717, 1.165) is 10.4 Å². The van der Waals surface area contributed by atoms with Crippen molar-refractivity contribution in [3.05, 3.63) is 62.8 Å². The van der Waals surface area contributed by atoms with Crippen molar-refractivity contribution >= 4 is 34.6 Å². The number of ether oxygens (including phenoxy) is 1. The Hall–Kier alpha value is -3.53. The van der Waals surface area contributed by atoms with E-state index in [4.69, 9.17) is 4.74 Å². The third-order valence-electron chi connectivity index (χ3n) is 4.34. The van der Waals surface area contributed by atoms with E-state index in [1.807, 2.05) is 30.3 Å². The number of nitrogens with zero attached hydrogens (tertiary/aromatic N) is 3. The first kappa shape index (κ1) is 21.2. The SMILES string of the molecule is CCOC(=O)c1sc(-c2ccccc2)cc1NC(=O)Cn1nc(C)c([N+](=O)[O-])c1C. The molecule has 2 aromatic heterocycles. The molecule has 0 bridgehead atoms. The van der Waals surface area contributed by atoms with Crippen LogP contribution in [0.3, 0.4) is 0 Å². The molecule has 0 aliphatic carbocycles. The van der Waals surface area contributed by atoms with Gasteiger partial charge in [-0.3, -0.25) is 19.6 Å². The van der Waals surface area contributed by atoms with Crippen molar-refractivity contribution < 1.29 is 19.2 Å². The Morgan fingerprint density at radius 2 is 1.97 bits per heavy atom. The molecule has 0 saturated heterocycles. The standard InChI is InChI=1S/C20H20N4O5S/c1-4-29-20(26)19-15(10-16(30-19)14-8-6-5-7-9-14)21-17(25)11-23-13(3)18(24(27)28)12(2)22-23/h5-10H,4,11H2,1-3H3,(H,21,25). The molecule has 0 saturated carbocycles. The largest absolute Gasteiger partial charge is 0.462 e. The van der Waals surface area contributed by atoms with Crippen LogP contribution in [0.1, 0.15) is 28.0 Å². The van der Waals surface area contributed by atoms with Crippen LogP contribution in [0.25, 0.3) is 10.4 Å². The summed E-state index contributed by atoms with van der Waals surface area (Å²) in [5, 5.41) is 17.9. The van der Waals surface area contributed by atoms with Crippen LogP contribution in [0.5, 0.6) is 0 Å². The van der Waals surface area contributed by atoms with E-state index in [1.54, 1.807) is 13.0 Å². The average Bonchev–Trinajstić information content (AvgIpc) is 3.23. The molecule has 3 rings (SSSR count). The van der Waals surface area contributed by atoms with E-state index >= 15 is 0 Å². The summed E-state index contributed by atoms with van der Waals surface area (Å²) in [7, 11) is 0. The van der Waals surface area contributed by atoms with Crippen LogP contribution in [-0.4, -0.2) is 33.2 Å². The van der Waals surface area contributed by atoms with E-state index < -0.39 is 16.8 Å². The molecule has 156 valence electrons. The maximum absolute atomic E-state index is 12.6. The molecule has 0 aliphatic rings. The van der Waals surface area contributed by atoms with Gasteiger partial charge in [-0.15, -0.1) is 11.3 Å². The Labute approximate surface area is 176 Å². The molecule has 2 heterocycles. The summed E-state index contributed by atoms with van der Waals surface area (Å²) >= 11 is 1.22. The highest BCUT2D eigenvalue weighted by molar-refractivity contribution is 7.18. The van der Waals surface area contributed by atoms with Crippen LogP contribution in [0, 0.1) is 24.0 Å². The molecule has 1 N–H and O–H groups in total. The summed E-state index contributed by atoms with van der Waals surface area (Å²) in [6.07, 6.45) is 0. The number of rotatable bonds is 7. The Kier molecular flexibility index (Phi) is 6.26. The van der Waals surface area contributed by atoms with Gasteiger partial charge in [-0.2, -0.15) is 5.10 Å². The molecular weight excluding hydrogens is 408 g/mol. The minimum Gasteiger partial charge on any atom is -0.462 e. The van der Waals surface area contributed by atoms with Crippen LogP contribution in [0.2, 0.25) is 0 Å². The number of amides is 1. The minimum absolute atomic E-state index is 0.114. The number of nitro groups is 1. The monoisotopic (exact) mass is 428 g/mol. The van der Waals surface area contributed by atoms with Gasteiger partial charge >= 0.3 is 11.7 Å². The van der Waals surface area contributed by atoms with E-state index in [1.165, 1.54) is 29.9 Å². The lowest BCUT2D eigenvalue weighted by molar-refractivity contribution is -0.386. The highest BCUT2D eigenvalue weighted by Gasteiger charge is 2.24. The first-order chi connectivity index (χ1) is 14.3. The molecule has 1 amide bonds. The van der Waals surface area contributed by atoms with E-state index in [-0.39, 0.29) is 35.1 Å². The van der Waals surface area contributed by atoms with Crippen molar-refractivity contribution in [2.75, 3.05) is 11.9 Å². The summed E-state index contributed by atoms with van der Waals surface area (Å²) in [4.78, 5) is 36.7. The van der Waals surface area contributed by atoms with Crippen molar-refractivity contribution in [2.24, 2.45) is 0 Å². The average molecular weight is 428 g/mol. The number of aryl methyl sites for hydroxylation is 1. The summed E-state index contributed by atoms with van der Waals surface area (Å²) in [6.45, 7) is 4.74. The Morgan fingerprint density at radius 1 is 1.27 bits per heavy atom. The molecule has 0 atom stereocenters. The second-order valence-corrected chi connectivity index (χ2v) is 7.47. The molecule has 0 fully saturated rings. The number of thiophene rings is 1. The van der Waals surface area contributed by atoms with E-state index in [2.05, 4.69) is 10.4 Å². The van der Waals surface area contributed by atoms with Crippen molar-refractivity contribution in [3.63, 3.8) is 0 Å². The number of anilines is 1. The minimum atomic E-state index is -0.526. The maximum atomic E-state index is 12.6. The van der Waals surface area contributed by atoms with Gasteiger partial charge in [-0.1, -0.05) is 30.3 Å². The van der Waals surface area contributed by atoms with Crippen LogP contribution < -0.4 is 5.32 Å². The fourth-order valence-corrected chi connectivity index (χ4v) is 4.02. The van der Waals surface area contributed by atoms with Gasteiger partial charge < -0.3 is 10.1 Å². The van der Waals surface area contributed by atoms with E-state index in [9.17, 15) is 19.7 Å². The van der Waals surface area contributed by atoms with Crippen LogP contribution in [-0.2, 0) is 16.1 Å². The molecule has 0 radical (unpaired) electrons. The van der Waals surface area contributed by atoms with Gasteiger partial charge in [0, 0.05) is 4.88 Å². The van der Waals surface area contributed by atoms with Gasteiger partial charge in [0.15, 0.2) is 0 Å². The van der Waals surface area contributed by atoms with Gasteiger partial charge in [0.1, 0.15) is 22.8 Å². The second kappa shape index (κ2) is 8.87. The predicted octanol–water partition coefficient (Wildman–Crippen LogP) is 3.95. The Bertz CT molecular complexity index is 1100. The summed E-state index contributed by atoms with van der Waals surface area (Å²) in [5.41, 5.74) is 1.64. The maximum Gasteiger partial charge on any atom is 0.350 e. The van der Waals surface area contributed by atoms with E-state index in [0.29, 0.717) is 5.69 Å². The molecule has 0 aliphatic heterocycles. The number of hydrogen-bond donors (Lipinski definition) is 1. The summed E-state index contributed by atoms with van der Waals surface area (Å²) in [5.74, 6) is -0.986. The van der Waals surface area contributed by atoms with Gasteiger partial charge in [-0.25, -0.2) is 4.79 Å². The highest BCUT2D eigenvalue weighted by atomic mass is 32.1. The Balaban J connectivity index is 1.87.